The molecule has 3 rings (SSSR count). The number of carbonyl (C=O) groups is 1. The molecule has 0 radical (unpaired) electrons. The molecule has 140 valence electrons. The zero-order chi connectivity index (χ0) is 17.9. The number of nitrogens with one attached hydrogen (secondary N) is 1. The van der Waals surface area contributed by atoms with E-state index in [1.54, 1.807) is 6.07 Å². The van der Waals surface area contributed by atoms with Gasteiger partial charge < -0.3 is 15.0 Å². The summed E-state index contributed by atoms with van der Waals surface area (Å²) in [5, 5.41) is 4.54. The van der Waals surface area contributed by atoms with E-state index in [0.717, 1.165) is 6.42 Å². The highest BCUT2D eigenvalue weighted by Crippen LogP contribution is 2.34. The number of thiophene rings is 1. The fourth-order valence-corrected chi connectivity index (χ4v) is 4.79. The molecule has 1 aromatic rings. The third-order valence-electron chi connectivity index (χ3n) is 5.01. The number of alkyl halides is 3. The first-order chi connectivity index (χ1) is 11.9. The number of piperidine rings is 2. The minimum atomic E-state index is -1.71. The molecule has 0 bridgehead atoms. The molecule has 25 heavy (non-hydrogen) atoms. The van der Waals surface area contributed by atoms with Gasteiger partial charge in [0.1, 0.15) is 0 Å². The Morgan fingerprint density at radius 2 is 2.12 bits per heavy atom. The van der Waals surface area contributed by atoms with Crippen LogP contribution in [0.4, 0.5) is 0 Å². The molecule has 8 heteroatoms. The largest absolute Gasteiger partial charge is 0.354 e. The van der Waals surface area contributed by atoms with E-state index in [2.05, 4.69) is 10.2 Å². The Balaban J connectivity index is 1.59. The number of halogens is 3. The zero-order valence-corrected chi connectivity index (χ0v) is 17.0. The second-order valence-corrected chi connectivity index (χ2v) is 10.0. The van der Waals surface area contributed by atoms with Crippen LogP contribution in [0.2, 0.25) is 0 Å². The van der Waals surface area contributed by atoms with Gasteiger partial charge in [0, 0.05) is 6.04 Å². The SMILES string of the molecule is O=C(N[C@H](OC[C@H]1CCCN2CCCC[C@@H]12)C(Cl)(Cl)Cl)c1cccs1. The van der Waals surface area contributed by atoms with Crippen LogP contribution in [-0.4, -0.2) is 46.6 Å². The number of amides is 1. The van der Waals surface area contributed by atoms with Gasteiger partial charge in [-0.05, 0) is 56.1 Å². The summed E-state index contributed by atoms with van der Waals surface area (Å²) in [5.74, 6) is 0.136. The molecule has 3 heterocycles. The van der Waals surface area contributed by atoms with Crippen LogP contribution < -0.4 is 5.32 Å². The smallest absolute Gasteiger partial charge is 0.263 e. The Morgan fingerprint density at radius 3 is 2.84 bits per heavy atom. The number of carbonyl (C=O) groups excluding carboxylic acids is 1. The first kappa shape index (κ1) is 19.7. The summed E-state index contributed by atoms with van der Waals surface area (Å²) in [6.07, 6.45) is 5.06. The second-order valence-electron chi connectivity index (χ2n) is 6.71. The highest BCUT2D eigenvalue weighted by Gasteiger charge is 2.38. The maximum absolute atomic E-state index is 12.3. The van der Waals surface area contributed by atoms with Gasteiger partial charge in [0.25, 0.3) is 5.91 Å². The molecule has 1 aromatic heterocycles. The molecule has 3 atom stereocenters. The van der Waals surface area contributed by atoms with E-state index in [0.29, 0.717) is 23.4 Å². The number of hydrogen-bond donors (Lipinski definition) is 1. The minimum Gasteiger partial charge on any atom is -0.354 e. The van der Waals surface area contributed by atoms with E-state index in [1.165, 1.54) is 50.1 Å². The average Bonchev–Trinajstić information content (AvgIpc) is 3.12. The molecular weight excluding hydrogens is 403 g/mol. The summed E-state index contributed by atoms with van der Waals surface area (Å²) in [6.45, 7) is 2.83. The van der Waals surface area contributed by atoms with E-state index >= 15 is 0 Å². The molecule has 2 aliphatic rings. The van der Waals surface area contributed by atoms with Gasteiger partial charge in [-0.1, -0.05) is 47.3 Å². The third kappa shape index (κ3) is 5.24. The summed E-state index contributed by atoms with van der Waals surface area (Å²) in [4.78, 5) is 15.4. The van der Waals surface area contributed by atoms with E-state index in [4.69, 9.17) is 39.5 Å². The van der Waals surface area contributed by atoms with Gasteiger partial charge in [0.15, 0.2) is 6.23 Å². The summed E-state index contributed by atoms with van der Waals surface area (Å²) in [5.41, 5.74) is 0. The van der Waals surface area contributed by atoms with Gasteiger partial charge in [-0.25, -0.2) is 0 Å². The van der Waals surface area contributed by atoms with Crippen molar-refractivity contribution in [3.8, 4) is 0 Å². The normalized spacial score (nSPS) is 26.0. The molecule has 0 unspecified atom stereocenters. The van der Waals surface area contributed by atoms with Crippen molar-refractivity contribution in [3.05, 3.63) is 22.4 Å². The van der Waals surface area contributed by atoms with Crippen molar-refractivity contribution in [2.45, 2.75) is 48.2 Å². The fraction of sp³-hybridized carbons (Fsp3) is 0.706. The highest BCUT2D eigenvalue weighted by molar-refractivity contribution is 7.12. The molecule has 2 aliphatic heterocycles. The minimum absolute atomic E-state index is 0.283. The Hall–Kier alpha value is -0.0400. The number of fused-ring (bicyclic) bond motifs is 1. The molecule has 1 amide bonds. The second kappa shape index (κ2) is 8.77. The number of rotatable bonds is 5. The molecule has 0 saturated carbocycles. The lowest BCUT2D eigenvalue weighted by molar-refractivity contribution is -0.0324. The Morgan fingerprint density at radius 1 is 1.32 bits per heavy atom. The molecule has 2 fully saturated rings. The fourth-order valence-electron chi connectivity index (χ4n) is 3.81. The Kier molecular flexibility index (Phi) is 6.91. The zero-order valence-electron chi connectivity index (χ0n) is 13.9. The van der Waals surface area contributed by atoms with Crippen molar-refractivity contribution >= 4 is 52.0 Å². The third-order valence-corrected chi connectivity index (χ3v) is 6.47. The summed E-state index contributed by atoms with van der Waals surface area (Å²) in [7, 11) is 0. The van der Waals surface area contributed by atoms with Crippen LogP contribution in [0.25, 0.3) is 0 Å². The maximum Gasteiger partial charge on any atom is 0.263 e. The van der Waals surface area contributed by atoms with Gasteiger partial charge in [-0.2, -0.15) is 0 Å². The van der Waals surface area contributed by atoms with Crippen LogP contribution in [0.15, 0.2) is 17.5 Å². The van der Waals surface area contributed by atoms with Gasteiger partial charge in [-0.15, -0.1) is 11.3 Å². The molecule has 4 nitrogen and oxygen atoms in total. The molecule has 1 N–H and O–H groups in total. The van der Waals surface area contributed by atoms with E-state index in [-0.39, 0.29) is 5.91 Å². The van der Waals surface area contributed by atoms with E-state index in [9.17, 15) is 4.79 Å². The maximum atomic E-state index is 12.3. The molecule has 2 saturated heterocycles. The quantitative estimate of drug-likeness (QED) is 0.559. The lowest BCUT2D eigenvalue weighted by Gasteiger charge is -2.44. The standard InChI is InChI=1S/C17H23Cl3N2O2S/c18-17(19,20)16(21-15(23)14-7-4-10-25-14)24-11-12-5-3-9-22-8-2-1-6-13(12)22/h4,7,10,12-13,16H,1-3,5-6,8-9,11H2,(H,21,23)/t12-,13+,16-/m1/s1. The molecule has 0 spiro atoms. The lowest BCUT2D eigenvalue weighted by atomic mass is 9.84. The van der Waals surface area contributed by atoms with Crippen LogP contribution >= 0.6 is 46.1 Å². The van der Waals surface area contributed by atoms with Crippen molar-refractivity contribution in [1.82, 2.24) is 10.2 Å². The summed E-state index contributed by atoms with van der Waals surface area (Å²) in [6, 6.07) is 4.09. The molecular formula is C17H23Cl3N2O2S. The van der Waals surface area contributed by atoms with Gasteiger partial charge in [0.2, 0.25) is 3.79 Å². The lowest BCUT2D eigenvalue weighted by Crippen LogP contribution is -2.51. The van der Waals surface area contributed by atoms with Crippen LogP contribution in [-0.2, 0) is 4.74 Å². The summed E-state index contributed by atoms with van der Waals surface area (Å²) >= 11 is 19.5. The van der Waals surface area contributed by atoms with Crippen LogP contribution in [0, 0.1) is 5.92 Å². The molecule has 0 aromatic carbocycles. The number of ether oxygens (including phenoxy) is 1. The number of nitrogens with zero attached hydrogens (tertiary/aromatic N) is 1. The Labute approximate surface area is 167 Å². The monoisotopic (exact) mass is 424 g/mol. The van der Waals surface area contributed by atoms with E-state index < -0.39 is 10.0 Å². The van der Waals surface area contributed by atoms with E-state index in [1.807, 2.05) is 11.4 Å². The Bertz CT molecular complexity index is 563. The van der Waals surface area contributed by atoms with Crippen LogP contribution in [0.5, 0.6) is 0 Å². The van der Waals surface area contributed by atoms with Crippen molar-refractivity contribution < 1.29 is 9.53 Å². The van der Waals surface area contributed by atoms with Crippen molar-refractivity contribution in [1.29, 1.82) is 0 Å². The van der Waals surface area contributed by atoms with Crippen molar-refractivity contribution in [2.24, 2.45) is 5.92 Å². The van der Waals surface area contributed by atoms with Crippen LogP contribution in [0.1, 0.15) is 41.8 Å². The van der Waals surface area contributed by atoms with Crippen molar-refractivity contribution in [2.75, 3.05) is 19.7 Å². The number of hydrogen-bond acceptors (Lipinski definition) is 4. The average molecular weight is 426 g/mol. The van der Waals surface area contributed by atoms with Crippen molar-refractivity contribution in [3.63, 3.8) is 0 Å². The van der Waals surface area contributed by atoms with Gasteiger partial charge in [-0.3, -0.25) is 4.79 Å². The highest BCUT2D eigenvalue weighted by atomic mass is 35.6. The predicted molar refractivity (Wildman–Crippen MR) is 104 cm³/mol. The topological polar surface area (TPSA) is 41.6 Å². The summed E-state index contributed by atoms with van der Waals surface area (Å²) < 4.78 is 4.20. The van der Waals surface area contributed by atoms with Gasteiger partial charge in [0.05, 0.1) is 11.5 Å². The predicted octanol–water partition coefficient (Wildman–Crippen LogP) is 4.46. The van der Waals surface area contributed by atoms with Crippen LogP contribution in [0.3, 0.4) is 0 Å². The first-order valence-electron chi connectivity index (χ1n) is 8.72. The molecule has 0 aliphatic carbocycles. The first-order valence-corrected chi connectivity index (χ1v) is 10.7. The van der Waals surface area contributed by atoms with Gasteiger partial charge >= 0.3 is 0 Å².